The second-order valence-corrected chi connectivity index (χ2v) is 5.73. The third kappa shape index (κ3) is 3.69. The summed E-state index contributed by atoms with van der Waals surface area (Å²) in [7, 11) is 0. The number of halogens is 1. The van der Waals surface area contributed by atoms with Gasteiger partial charge < -0.3 is 10.4 Å². The van der Waals surface area contributed by atoms with Crippen molar-refractivity contribution in [2.45, 2.75) is 58.0 Å². The fourth-order valence-electron chi connectivity index (χ4n) is 3.14. The van der Waals surface area contributed by atoms with Crippen LogP contribution in [-0.2, 0) is 0 Å². The first-order valence-electron chi connectivity index (χ1n) is 7.34. The van der Waals surface area contributed by atoms with Gasteiger partial charge in [-0.05, 0) is 31.7 Å². The lowest BCUT2D eigenvalue weighted by molar-refractivity contribution is 0.264. The highest BCUT2D eigenvalue weighted by Gasteiger charge is 2.23. The molecule has 0 heterocycles. The molecule has 0 aliphatic heterocycles. The Balaban J connectivity index is 1.98. The Bertz CT molecular complexity index is 421. The van der Waals surface area contributed by atoms with E-state index in [-0.39, 0.29) is 11.8 Å². The molecule has 0 aromatic heterocycles. The molecule has 0 radical (unpaired) electrons. The highest BCUT2D eigenvalue weighted by molar-refractivity contribution is 5.34. The Labute approximate surface area is 115 Å². The summed E-state index contributed by atoms with van der Waals surface area (Å²) >= 11 is 0. The number of rotatable bonds is 4. The molecule has 106 valence electrons. The van der Waals surface area contributed by atoms with E-state index in [0.29, 0.717) is 6.04 Å². The van der Waals surface area contributed by atoms with Gasteiger partial charge >= 0.3 is 0 Å². The van der Waals surface area contributed by atoms with Crippen LogP contribution in [0.2, 0.25) is 0 Å². The lowest BCUT2D eigenvalue weighted by Crippen LogP contribution is -2.35. The molecule has 0 amide bonds. The van der Waals surface area contributed by atoms with Crippen LogP contribution in [0.4, 0.5) is 4.39 Å². The van der Waals surface area contributed by atoms with Crippen molar-refractivity contribution in [3.05, 3.63) is 29.6 Å². The number of hydrogen-bond donors (Lipinski definition) is 2. The number of hydrogen-bond acceptors (Lipinski definition) is 2. The third-order valence-corrected chi connectivity index (χ3v) is 4.30. The molecular weight excluding hydrogens is 241 g/mol. The molecule has 2 N–H and O–H groups in total. The van der Waals surface area contributed by atoms with Crippen molar-refractivity contribution in [2.75, 3.05) is 0 Å². The number of benzene rings is 1. The molecule has 2 rings (SSSR count). The Hall–Kier alpha value is -1.09. The monoisotopic (exact) mass is 265 g/mol. The molecule has 19 heavy (non-hydrogen) atoms. The van der Waals surface area contributed by atoms with Gasteiger partial charge in [0.05, 0.1) is 0 Å². The van der Waals surface area contributed by atoms with E-state index in [9.17, 15) is 9.50 Å². The van der Waals surface area contributed by atoms with E-state index >= 15 is 0 Å². The molecule has 1 aromatic rings. The van der Waals surface area contributed by atoms with E-state index in [2.05, 4.69) is 12.2 Å². The summed E-state index contributed by atoms with van der Waals surface area (Å²) in [6.45, 7) is 4.28. The van der Waals surface area contributed by atoms with Gasteiger partial charge in [-0.1, -0.05) is 32.3 Å². The molecule has 3 heteroatoms. The van der Waals surface area contributed by atoms with Crippen LogP contribution in [-0.4, -0.2) is 11.1 Å². The van der Waals surface area contributed by atoms with Gasteiger partial charge in [-0.3, -0.25) is 0 Å². The van der Waals surface area contributed by atoms with E-state index < -0.39 is 5.82 Å². The van der Waals surface area contributed by atoms with E-state index in [1.54, 1.807) is 6.07 Å². The van der Waals surface area contributed by atoms with Crippen LogP contribution in [0, 0.1) is 11.7 Å². The third-order valence-electron chi connectivity index (χ3n) is 4.30. The zero-order chi connectivity index (χ0) is 13.8. The topological polar surface area (TPSA) is 32.3 Å². The lowest BCUT2D eigenvalue weighted by atomic mass is 9.84. The first kappa shape index (κ1) is 14.3. The minimum Gasteiger partial charge on any atom is -0.508 e. The van der Waals surface area contributed by atoms with Crippen molar-refractivity contribution in [2.24, 2.45) is 5.92 Å². The van der Waals surface area contributed by atoms with Gasteiger partial charge in [0, 0.05) is 23.7 Å². The standard InChI is InChI=1S/C16H24FNO/c1-3-12-5-4-6-14(9-12)18-11(2)15-8-7-13(17)10-16(15)19/h7-8,10-12,14,18-19H,3-6,9H2,1-2H3. The summed E-state index contributed by atoms with van der Waals surface area (Å²) in [6, 6.07) is 4.83. The van der Waals surface area contributed by atoms with Crippen LogP contribution in [0.1, 0.15) is 57.6 Å². The summed E-state index contributed by atoms with van der Waals surface area (Å²) < 4.78 is 13.0. The summed E-state index contributed by atoms with van der Waals surface area (Å²) in [4.78, 5) is 0. The molecule has 3 atom stereocenters. The molecule has 1 aromatic carbocycles. The second kappa shape index (κ2) is 6.38. The van der Waals surface area contributed by atoms with Gasteiger partial charge in [-0.2, -0.15) is 0 Å². The van der Waals surface area contributed by atoms with Crippen molar-refractivity contribution in [3.8, 4) is 5.75 Å². The maximum Gasteiger partial charge on any atom is 0.126 e. The van der Waals surface area contributed by atoms with Crippen molar-refractivity contribution in [1.82, 2.24) is 5.32 Å². The van der Waals surface area contributed by atoms with Gasteiger partial charge in [0.2, 0.25) is 0 Å². The van der Waals surface area contributed by atoms with Crippen LogP contribution in [0.3, 0.4) is 0 Å². The van der Waals surface area contributed by atoms with Gasteiger partial charge in [-0.15, -0.1) is 0 Å². The van der Waals surface area contributed by atoms with Gasteiger partial charge in [-0.25, -0.2) is 4.39 Å². The fraction of sp³-hybridized carbons (Fsp3) is 0.625. The normalized spacial score (nSPS) is 25.2. The maximum atomic E-state index is 13.0. The van der Waals surface area contributed by atoms with Gasteiger partial charge in [0.15, 0.2) is 0 Å². The summed E-state index contributed by atoms with van der Waals surface area (Å²) in [5.41, 5.74) is 0.778. The quantitative estimate of drug-likeness (QED) is 0.857. The van der Waals surface area contributed by atoms with Gasteiger partial charge in [0.1, 0.15) is 11.6 Å². The highest BCUT2D eigenvalue weighted by Crippen LogP contribution is 2.30. The molecule has 0 saturated heterocycles. The Morgan fingerprint density at radius 3 is 2.89 bits per heavy atom. The molecule has 1 aliphatic carbocycles. The summed E-state index contributed by atoms with van der Waals surface area (Å²) in [5, 5.41) is 13.4. The minimum absolute atomic E-state index is 0.0443. The maximum absolute atomic E-state index is 13.0. The van der Waals surface area contributed by atoms with Crippen LogP contribution in [0.25, 0.3) is 0 Å². The summed E-state index contributed by atoms with van der Waals surface area (Å²) in [6.07, 6.45) is 6.27. The molecule has 2 nitrogen and oxygen atoms in total. The van der Waals surface area contributed by atoms with Gasteiger partial charge in [0.25, 0.3) is 0 Å². The van der Waals surface area contributed by atoms with E-state index in [1.165, 1.54) is 44.2 Å². The second-order valence-electron chi connectivity index (χ2n) is 5.73. The van der Waals surface area contributed by atoms with Crippen LogP contribution in [0.15, 0.2) is 18.2 Å². The average molecular weight is 265 g/mol. The first-order valence-corrected chi connectivity index (χ1v) is 7.34. The zero-order valence-corrected chi connectivity index (χ0v) is 11.8. The largest absolute Gasteiger partial charge is 0.508 e. The number of phenols is 1. The predicted molar refractivity (Wildman–Crippen MR) is 75.7 cm³/mol. The van der Waals surface area contributed by atoms with E-state index in [0.717, 1.165) is 11.5 Å². The molecule has 3 unspecified atom stereocenters. The number of nitrogens with one attached hydrogen (secondary N) is 1. The Kier molecular flexibility index (Phi) is 4.81. The number of aromatic hydroxyl groups is 1. The molecule has 1 fully saturated rings. The van der Waals surface area contributed by atoms with E-state index in [1.807, 2.05) is 6.92 Å². The highest BCUT2D eigenvalue weighted by atomic mass is 19.1. The molecule has 1 aliphatic rings. The summed E-state index contributed by atoms with van der Waals surface area (Å²) in [5.74, 6) is 0.472. The van der Waals surface area contributed by atoms with Crippen molar-refractivity contribution >= 4 is 0 Å². The average Bonchev–Trinajstić information content (AvgIpc) is 2.38. The van der Waals surface area contributed by atoms with Crippen molar-refractivity contribution in [1.29, 1.82) is 0 Å². The Morgan fingerprint density at radius 2 is 2.21 bits per heavy atom. The molecule has 0 spiro atoms. The lowest BCUT2D eigenvalue weighted by Gasteiger charge is -2.31. The number of phenolic OH excluding ortho intramolecular Hbond substituents is 1. The predicted octanol–water partition coefficient (Wildman–Crippen LogP) is 4.15. The van der Waals surface area contributed by atoms with Crippen molar-refractivity contribution < 1.29 is 9.50 Å². The van der Waals surface area contributed by atoms with Crippen LogP contribution < -0.4 is 5.32 Å². The molecule has 1 saturated carbocycles. The SMILES string of the molecule is CCC1CCCC(NC(C)c2ccc(F)cc2O)C1. The first-order chi connectivity index (χ1) is 9.10. The smallest absolute Gasteiger partial charge is 0.126 e. The molecule has 0 bridgehead atoms. The minimum atomic E-state index is -0.392. The van der Waals surface area contributed by atoms with Crippen molar-refractivity contribution in [3.63, 3.8) is 0 Å². The zero-order valence-electron chi connectivity index (χ0n) is 11.8. The van der Waals surface area contributed by atoms with Crippen LogP contribution in [0.5, 0.6) is 5.75 Å². The molecular formula is C16H24FNO. The fourth-order valence-corrected chi connectivity index (χ4v) is 3.14. The van der Waals surface area contributed by atoms with E-state index in [4.69, 9.17) is 0 Å². The Morgan fingerprint density at radius 1 is 1.42 bits per heavy atom. The van der Waals surface area contributed by atoms with Crippen LogP contribution >= 0.6 is 0 Å².